The fourth-order valence-corrected chi connectivity index (χ4v) is 2.21. The maximum atomic E-state index is 12.0. The van der Waals surface area contributed by atoms with Crippen LogP contribution in [0.3, 0.4) is 0 Å². The fourth-order valence-electron chi connectivity index (χ4n) is 1.71. The molecule has 1 atom stereocenters. The number of hydrogen-bond acceptors (Lipinski definition) is 4. The highest BCUT2D eigenvalue weighted by atomic mass is 35.5. The lowest BCUT2D eigenvalue weighted by molar-refractivity contribution is 0.0883. The smallest absolute Gasteiger partial charge is 0.287 e. The lowest BCUT2D eigenvalue weighted by atomic mass is 10.1. The highest BCUT2D eigenvalue weighted by molar-refractivity contribution is 7.98. The van der Waals surface area contributed by atoms with Crippen LogP contribution < -0.4 is 5.32 Å². The van der Waals surface area contributed by atoms with Gasteiger partial charge in [-0.05, 0) is 36.1 Å². The van der Waals surface area contributed by atoms with Crippen LogP contribution in [-0.4, -0.2) is 23.9 Å². The number of furan rings is 1. The number of aliphatic hydroxyl groups is 1. The molecule has 0 aliphatic carbocycles. The van der Waals surface area contributed by atoms with Crippen molar-refractivity contribution in [3.05, 3.63) is 52.7 Å². The number of amides is 1. The molecule has 2 aromatic rings. The predicted octanol–water partition coefficient (Wildman–Crippen LogP) is 3.12. The Morgan fingerprint density at radius 1 is 1.35 bits per heavy atom. The van der Waals surface area contributed by atoms with E-state index in [2.05, 4.69) is 5.32 Å². The van der Waals surface area contributed by atoms with Crippen molar-refractivity contribution in [2.24, 2.45) is 0 Å². The molecule has 0 fully saturated rings. The summed E-state index contributed by atoms with van der Waals surface area (Å²) in [6, 6.07) is 9.79. The van der Waals surface area contributed by atoms with E-state index in [4.69, 9.17) is 16.0 Å². The van der Waals surface area contributed by atoms with Crippen molar-refractivity contribution >= 4 is 29.3 Å². The van der Waals surface area contributed by atoms with Gasteiger partial charge in [0, 0.05) is 5.02 Å². The topological polar surface area (TPSA) is 62.5 Å². The van der Waals surface area contributed by atoms with Crippen molar-refractivity contribution in [1.29, 1.82) is 0 Å². The third kappa shape index (κ3) is 3.56. The zero-order valence-electron chi connectivity index (χ0n) is 10.8. The van der Waals surface area contributed by atoms with Crippen LogP contribution in [-0.2, 0) is 0 Å². The van der Waals surface area contributed by atoms with Gasteiger partial charge in [-0.3, -0.25) is 4.79 Å². The van der Waals surface area contributed by atoms with Gasteiger partial charge in [-0.2, -0.15) is 0 Å². The molecule has 0 aliphatic heterocycles. The Kier molecular flexibility index (Phi) is 5.11. The summed E-state index contributed by atoms with van der Waals surface area (Å²) in [7, 11) is 0. The summed E-state index contributed by atoms with van der Waals surface area (Å²) in [5.74, 6) is -0.138. The lowest BCUT2D eigenvalue weighted by Gasteiger charge is -2.16. The maximum absolute atomic E-state index is 12.0. The molecule has 20 heavy (non-hydrogen) atoms. The minimum absolute atomic E-state index is 0.205. The van der Waals surface area contributed by atoms with E-state index in [0.717, 1.165) is 5.56 Å². The highest BCUT2D eigenvalue weighted by Gasteiger charge is 2.17. The first-order valence-electron chi connectivity index (χ1n) is 5.95. The summed E-state index contributed by atoms with van der Waals surface area (Å²) >= 11 is 7.23. The Hall–Kier alpha value is -1.43. The second kappa shape index (κ2) is 6.83. The molecule has 0 saturated heterocycles. The van der Waals surface area contributed by atoms with Crippen LogP contribution in [0.25, 0.3) is 0 Å². The number of hydrogen-bond donors (Lipinski definition) is 2. The molecular weight excluding hydrogens is 298 g/mol. The van der Waals surface area contributed by atoms with E-state index in [1.165, 1.54) is 11.8 Å². The summed E-state index contributed by atoms with van der Waals surface area (Å²) in [6.07, 6.45) is 1.87. The van der Waals surface area contributed by atoms with Crippen molar-refractivity contribution in [3.8, 4) is 0 Å². The molecular formula is C14H14ClNO3S. The van der Waals surface area contributed by atoms with Crippen LogP contribution in [0.2, 0.25) is 5.02 Å². The first kappa shape index (κ1) is 15.0. The number of aliphatic hydroxyl groups excluding tert-OH is 1. The van der Waals surface area contributed by atoms with E-state index in [9.17, 15) is 9.90 Å². The van der Waals surface area contributed by atoms with Gasteiger partial charge in [-0.25, -0.2) is 0 Å². The van der Waals surface area contributed by atoms with Crippen LogP contribution in [0, 0.1) is 0 Å². The van der Waals surface area contributed by atoms with Gasteiger partial charge in [0.2, 0.25) is 0 Å². The molecule has 0 radical (unpaired) electrons. The Balaban J connectivity index is 2.09. The predicted molar refractivity (Wildman–Crippen MR) is 79.2 cm³/mol. The number of carbonyl (C=O) groups excluding carboxylic acids is 1. The van der Waals surface area contributed by atoms with E-state index in [0.29, 0.717) is 10.1 Å². The Morgan fingerprint density at radius 2 is 2.05 bits per heavy atom. The van der Waals surface area contributed by atoms with E-state index < -0.39 is 6.04 Å². The molecule has 2 rings (SSSR count). The van der Waals surface area contributed by atoms with Crippen LogP contribution in [0.4, 0.5) is 0 Å². The molecule has 1 aromatic heterocycles. The summed E-state index contributed by atoms with van der Waals surface area (Å²) in [5.41, 5.74) is 0.780. The quantitative estimate of drug-likeness (QED) is 0.833. The van der Waals surface area contributed by atoms with Gasteiger partial charge in [0.25, 0.3) is 5.91 Å². The zero-order chi connectivity index (χ0) is 14.5. The summed E-state index contributed by atoms with van der Waals surface area (Å²) < 4.78 is 5.34. The second-order valence-corrected chi connectivity index (χ2v) is 5.33. The van der Waals surface area contributed by atoms with Gasteiger partial charge in [0.1, 0.15) is 0 Å². The standard InChI is InChI=1S/C14H14ClNO3S/c1-20-13-7-6-12(19-13)14(18)16-11(8-17)9-2-4-10(15)5-3-9/h2-7,11,17H,8H2,1H3,(H,16,18). The van der Waals surface area contributed by atoms with Gasteiger partial charge < -0.3 is 14.8 Å². The minimum atomic E-state index is -0.498. The van der Waals surface area contributed by atoms with E-state index in [-0.39, 0.29) is 18.3 Å². The average molecular weight is 312 g/mol. The van der Waals surface area contributed by atoms with E-state index in [1.807, 2.05) is 6.26 Å². The van der Waals surface area contributed by atoms with Crippen molar-refractivity contribution in [1.82, 2.24) is 5.32 Å². The molecule has 1 aromatic carbocycles. The Morgan fingerprint density at radius 3 is 2.60 bits per heavy atom. The van der Waals surface area contributed by atoms with Gasteiger partial charge in [-0.1, -0.05) is 35.5 Å². The number of halogens is 1. The number of rotatable bonds is 5. The van der Waals surface area contributed by atoms with Crippen LogP contribution in [0.15, 0.2) is 45.9 Å². The van der Waals surface area contributed by atoms with Crippen LogP contribution >= 0.6 is 23.4 Å². The lowest BCUT2D eigenvalue weighted by Crippen LogP contribution is -2.30. The number of nitrogens with one attached hydrogen (secondary N) is 1. The first-order chi connectivity index (χ1) is 9.63. The van der Waals surface area contributed by atoms with Crippen LogP contribution in [0.1, 0.15) is 22.2 Å². The summed E-state index contributed by atoms with van der Waals surface area (Å²) in [5, 5.41) is 13.4. The van der Waals surface area contributed by atoms with Gasteiger partial charge in [-0.15, -0.1) is 0 Å². The monoisotopic (exact) mass is 311 g/mol. The van der Waals surface area contributed by atoms with Gasteiger partial charge in [0.05, 0.1) is 12.6 Å². The normalized spacial score (nSPS) is 12.2. The molecule has 106 valence electrons. The third-order valence-electron chi connectivity index (χ3n) is 2.77. The average Bonchev–Trinajstić information content (AvgIpc) is 2.94. The number of thioether (sulfide) groups is 1. The molecule has 1 amide bonds. The summed E-state index contributed by atoms with van der Waals surface area (Å²) in [4.78, 5) is 12.0. The van der Waals surface area contributed by atoms with Crippen molar-refractivity contribution < 1.29 is 14.3 Å². The highest BCUT2D eigenvalue weighted by Crippen LogP contribution is 2.20. The zero-order valence-corrected chi connectivity index (χ0v) is 12.4. The van der Waals surface area contributed by atoms with Crippen molar-refractivity contribution in [2.45, 2.75) is 11.1 Å². The molecule has 1 unspecified atom stereocenters. The maximum Gasteiger partial charge on any atom is 0.287 e. The molecule has 0 saturated carbocycles. The molecule has 0 aliphatic rings. The summed E-state index contributed by atoms with van der Waals surface area (Å²) in [6.45, 7) is -0.205. The molecule has 6 heteroatoms. The number of carbonyl (C=O) groups is 1. The SMILES string of the molecule is CSc1ccc(C(=O)NC(CO)c2ccc(Cl)cc2)o1. The molecule has 0 bridgehead atoms. The number of benzene rings is 1. The van der Waals surface area contributed by atoms with E-state index >= 15 is 0 Å². The fraction of sp³-hybridized carbons (Fsp3) is 0.214. The van der Waals surface area contributed by atoms with Gasteiger partial charge >= 0.3 is 0 Å². The molecule has 2 N–H and O–H groups in total. The third-order valence-corrected chi connectivity index (χ3v) is 3.64. The first-order valence-corrected chi connectivity index (χ1v) is 7.55. The Bertz CT molecular complexity index is 582. The second-order valence-electron chi connectivity index (χ2n) is 4.08. The van der Waals surface area contributed by atoms with Gasteiger partial charge in [0.15, 0.2) is 10.9 Å². The van der Waals surface area contributed by atoms with E-state index in [1.54, 1.807) is 36.4 Å². The molecule has 0 spiro atoms. The van der Waals surface area contributed by atoms with Crippen LogP contribution in [0.5, 0.6) is 0 Å². The Labute approximate surface area is 126 Å². The van der Waals surface area contributed by atoms with Crippen molar-refractivity contribution in [3.63, 3.8) is 0 Å². The van der Waals surface area contributed by atoms with Crippen molar-refractivity contribution in [2.75, 3.05) is 12.9 Å². The minimum Gasteiger partial charge on any atom is -0.445 e. The molecule has 1 heterocycles. The molecule has 4 nitrogen and oxygen atoms in total. The largest absolute Gasteiger partial charge is 0.445 e.